The van der Waals surface area contributed by atoms with E-state index in [0.717, 1.165) is 0 Å². The number of carboxylic acids is 1. The minimum Gasteiger partial charge on any atom is -0.480 e. The van der Waals surface area contributed by atoms with Crippen molar-refractivity contribution in [2.45, 2.75) is 42.5 Å². The quantitative estimate of drug-likeness (QED) is 0.622. The van der Waals surface area contributed by atoms with Gasteiger partial charge in [0, 0.05) is 12.8 Å². The van der Waals surface area contributed by atoms with Crippen LogP contribution in [-0.2, 0) is 4.79 Å². The first-order valence-corrected chi connectivity index (χ1v) is 4.80. The Hall–Kier alpha value is -0.360. The van der Waals surface area contributed by atoms with Gasteiger partial charge >= 0.3 is 5.97 Å². The lowest BCUT2D eigenvalue weighted by atomic mass is 9.80. The van der Waals surface area contributed by atoms with E-state index in [0.29, 0.717) is 0 Å². The number of rotatable bonds is 2. The predicted octanol–water partition coefficient (Wildman–Crippen LogP) is 1.31. The third-order valence-electron chi connectivity index (χ3n) is 2.59. The maximum Gasteiger partial charge on any atom is 0.319 e. The number of hydrogen-bond acceptors (Lipinski definition) is 3. The van der Waals surface area contributed by atoms with Crippen LogP contribution in [0.1, 0.15) is 25.7 Å². The summed E-state index contributed by atoms with van der Waals surface area (Å²) in [6, 6.07) is 0. The molecule has 1 aliphatic carbocycles. The van der Waals surface area contributed by atoms with Crippen LogP contribution in [0.5, 0.6) is 0 Å². The van der Waals surface area contributed by atoms with Crippen molar-refractivity contribution in [1.82, 2.24) is 0 Å². The Morgan fingerprint density at radius 3 is 2.07 bits per heavy atom. The minimum absolute atomic E-state index is 0.222. The summed E-state index contributed by atoms with van der Waals surface area (Å²) < 4.78 is 25.5. The van der Waals surface area contributed by atoms with Crippen LogP contribution in [0.4, 0.5) is 8.78 Å². The summed E-state index contributed by atoms with van der Waals surface area (Å²) in [5.74, 6) is -4.06. The van der Waals surface area contributed by atoms with Gasteiger partial charge in [-0.15, -0.1) is 0 Å². The summed E-state index contributed by atoms with van der Waals surface area (Å²) in [7, 11) is 0. The van der Waals surface area contributed by atoms with Crippen molar-refractivity contribution in [3.63, 3.8) is 0 Å². The molecule has 1 aliphatic rings. The number of carbonyl (C=O) groups is 1. The fourth-order valence-corrected chi connectivity index (χ4v) is 1.81. The summed E-state index contributed by atoms with van der Waals surface area (Å²) >= 11 is 3.72. The molecule has 1 saturated carbocycles. The number of hydrogen-bond donors (Lipinski definition) is 3. The van der Waals surface area contributed by atoms with Crippen LogP contribution >= 0.6 is 12.6 Å². The van der Waals surface area contributed by atoms with Gasteiger partial charge in [0.15, 0.2) is 0 Å². The van der Waals surface area contributed by atoms with Crippen LogP contribution in [-0.4, -0.2) is 33.0 Å². The van der Waals surface area contributed by atoms with Gasteiger partial charge in [0.2, 0.25) is 5.92 Å². The zero-order valence-corrected chi connectivity index (χ0v) is 8.31. The lowest BCUT2D eigenvalue weighted by Crippen LogP contribution is -2.48. The molecule has 2 N–H and O–H groups in total. The molecular weight excluding hydrogens is 214 g/mol. The van der Waals surface area contributed by atoms with E-state index >= 15 is 0 Å². The third kappa shape index (κ3) is 2.36. The van der Waals surface area contributed by atoms with E-state index in [-0.39, 0.29) is 12.8 Å². The molecule has 1 rings (SSSR count). The first-order valence-electron chi connectivity index (χ1n) is 4.28. The highest BCUT2D eigenvalue weighted by Gasteiger charge is 2.47. The Balaban J connectivity index is 2.66. The molecule has 0 spiro atoms. The van der Waals surface area contributed by atoms with E-state index < -0.39 is 35.6 Å². The van der Waals surface area contributed by atoms with Crippen LogP contribution in [0.25, 0.3) is 0 Å². The Labute approximate surface area is 85.5 Å². The van der Waals surface area contributed by atoms with Gasteiger partial charge in [-0.2, -0.15) is 12.6 Å². The molecule has 0 saturated heterocycles. The van der Waals surface area contributed by atoms with Gasteiger partial charge < -0.3 is 10.2 Å². The summed E-state index contributed by atoms with van der Waals surface area (Å²) in [5, 5.41) is 17.1. The van der Waals surface area contributed by atoms with Crippen molar-refractivity contribution in [1.29, 1.82) is 0 Å². The van der Waals surface area contributed by atoms with Gasteiger partial charge in [0.05, 0.1) is 5.60 Å². The lowest BCUT2D eigenvalue weighted by Gasteiger charge is -2.37. The highest BCUT2D eigenvalue weighted by Crippen LogP contribution is 2.41. The SMILES string of the molecule is O=C(O)C(S)C1(O)CCC(F)(F)CC1. The average molecular weight is 226 g/mol. The fourth-order valence-electron chi connectivity index (χ4n) is 1.55. The fraction of sp³-hybridized carbons (Fsp3) is 0.875. The topological polar surface area (TPSA) is 57.5 Å². The first-order chi connectivity index (χ1) is 6.27. The summed E-state index contributed by atoms with van der Waals surface area (Å²) in [6.45, 7) is 0. The normalized spacial score (nSPS) is 26.9. The van der Waals surface area contributed by atoms with Crippen LogP contribution in [0.3, 0.4) is 0 Å². The van der Waals surface area contributed by atoms with E-state index in [9.17, 15) is 18.7 Å². The molecule has 0 aromatic carbocycles. The molecule has 0 aromatic rings. The number of thiol groups is 1. The van der Waals surface area contributed by atoms with Gasteiger partial charge in [-0.1, -0.05) is 0 Å². The number of halogens is 2. The predicted molar refractivity (Wildman–Crippen MR) is 48.8 cm³/mol. The highest BCUT2D eigenvalue weighted by atomic mass is 32.1. The standard InChI is InChI=1S/C8H12F2O3S/c9-8(10)3-1-7(13,2-4-8)5(14)6(11)12/h5,13-14H,1-4H2,(H,11,12). The largest absolute Gasteiger partial charge is 0.480 e. The average Bonchev–Trinajstić information content (AvgIpc) is 2.09. The molecule has 0 amide bonds. The van der Waals surface area contributed by atoms with E-state index in [1.54, 1.807) is 0 Å². The summed E-state index contributed by atoms with van der Waals surface area (Å²) in [4.78, 5) is 10.5. The molecule has 1 atom stereocenters. The van der Waals surface area contributed by atoms with Crippen LogP contribution in [0.15, 0.2) is 0 Å². The van der Waals surface area contributed by atoms with Crippen LogP contribution in [0.2, 0.25) is 0 Å². The molecule has 1 fully saturated rings. The number of aliphatic hydroxyl groups is 1. The highest BCUT2D eigenvalue weighted by molar-refractivity contribution is 7.81. The first kappa shape index (κ1) is 11.7. The van der Waals surface area contributed by atoms with Crippen molar-refractivity contribution >= 4 is 18.6 Å². The maximum absolute atomic E-state index is 12.7. The molecule has 6 heteroatoms. The second kappa shape index (κ2) is 3.66. The molecule has 0 heterocycles. The zero-order chi connectivity index (χ0) is 11.0. The molecule has 14 heavy (non-hydrogen) atoms. The monoisotopic (exact) mass is 226 g/mol. The van der Waals surface area contributed by atoms with Crippen molar-refractivity contribution in [2.24, 2.45) is 0 Å². The van der Waals surface area contributed by atoms with E-state index in [4.69, 9.17) is 5.11 Å². The van der Waals surface area contributed by atoms with Crippen LogP contribution in [0, 0.1) is 0 Å². The molecule has 82 valence electrons. The maximum atomic E-state index is 12.7. The molecule has 3 nitrogen and oxygen atoms in total. The molecule has 0 aromatic heterocycles. The van der Waals surface area contributed by atoms with Crippen molar-refractivity contribution < 1.29 is 23.8 Å². The van der Waals surface area contributed by atoms with Crippen molar-refractivity contribution in [2.75, 3.05) is 0 Å². The van der Waals surface area contributed by atoms with Gasteiger partial charge in [0.1, 0.15) is 5.25 Å². The summed E-state index contributed by atoms with van der Waals surface area (Å²) in [6.07, 6.45) is -1.40. The third-order valence-corrected chi connectivity index (χ3v) is 3.29. The van der Waals surface area contributed by atoms with Crippen molar-refractivity contribution in [3.05, 3.63) is 0 Å². The minimum atomic E-state index is -2.78. The van der Waals surface area contributed by atoms with Crippen molar-refractivity contribution in [3.8, 4) is 0 Å². The van der Waals surface area contributed by atoms with E-state index in [2.05, 4.69) is 12.6 Å². The molecule has 0 bridgehead atoms. The Morgan fingerprint density at radius 2 is 1.71 bits per heavy atom. The van der Waals surface area contributed by atoms with Gasteiger partial charge in [-0.25, -0.2) is 8.78 Å². The van der Waals surface area contributed by atoms with Crippen LogP contribution < -0.4 is 0 Å². The van der Waals surface area contributed by atoms with Gasteiger partial charge in [-0.3, -0.25) is 4.79 Å². The molecular formula is C8H12F2O3S. The Morgan fingerprint density at radius 1 is 1.29 bits per heavy atom. The number of aliphatic carboxylic acids is 1. The smallest absolute Gasteiger partial charge is 0.319 e. The zero-order valence-electron chi connectivity index (χ0n) is 7.41. The van der Waals surface area contributed by atoms with Gasteiger partial charge in [-0.05, 0) is 12.8 Å². The number of carboxylic acid groups (broad SMARTS) is 1. The Kier molecular flexibility index (Phi) is 3.06. The second-order valence-corrected chi connectivity index (χ2v) is 4.22. The Bertz CT molecular complexity index is 235. The molecule has 0 aliphatic heterocycles. The lowest BCUT2D eigenvalue weighted by molar-refractivity contribution is -0.148. The van der Waals surface area contributed by atoms with Gasteiger partial charge in [0.25, 0.3) is 0 Å². The van der Waals surface area contributed by atoms with E-state index in [1.807, 2.05) is 0 Å². The molecule has 1 unspecified atom stereocenters. The molecule has 0 radical (unpaired) electrons. The van der Waals surface area contributed by atoms with E-state index in [1.165, 1.54) is 0 Å². The second-order valence-electron chi connectivity index (χ2n) is 3.70. The number of alkyl halides is 2. The summed E-state index contributed by atoms with van der Waals surface area (Å²) in [5.41, 5.74) is -1.60.